The minimum Gasteiger partial charge on any atom is -0.390 e. The monoisotopic (exact) mass is 340 g/mol. The largest absolute Gasteiger partial charge is 0.390 e. The van der Waals surface area contributed by atoms with E-state index in [1.807, 2.05) is 0 Å². The van der Waals surface area contributed by atoms with E-state index in [1.54, 1.807) is 20.8 Å². The number of aliphatic hydroxyl groups is 1. The summed E-state index contributed by atoms with van der Waals surface area (Å²) in [5.74, 6) is -5.76. The highest BCUT2D eigenvalue weighted by molar-refractivity contribution is 7.86. The molecule has 0 aliphatic carbocycles. The van der Waals surface area contributed by atoms with Crippen molar-refractivity contribution in [1.29, 1.82) is 0 Å². The number of rotatable bonds is 6. The van der Waals surface area contributed by atoms with Gasteiger partial charge in [-0.15, -0.1) is 0 Å². The van der Waals surface area contributed by atoms with Gasteiger partial charge in [-0.2, -0.15) is 0 Å². The van der Waals surface area contributed by atoms with Gasteiger partial charge in [0.2, 0.25) is 0 Å². The third-order valence-electron chi connectivity index (χ3n) is 3.58. The molecule has 2 atom stereocenters. The Bertz CT molecular complexity index is 543. The minimum atomic E-state index is -3.95. The third kappa shape index (κ3) is 3.51. The Morgan fingerprint density at radius 3 is 2.14 bits per heavy atom. The molecule has 0 spiro atoms. The summed E-state index contributed by atoms with van der Waals surface area (Å²) < 4.78 is 67.7. The molecule has 0 saturated heterocycles. The van der Waals surface area contributed by atoms with Crippen LogP contribution in [-0.4, -0.2) is 39.0 Å². The van der Waals surface area contributed by atoms with Crippen LogP contribution in [0.5, 0.6) is 0 Å². The lowest BCUT2D eigenvalue weighted by atomic mass is 9.77. The quantitative estimate of drug-likeness (QED) is 0.808. The second-order valence-corrected chi connectivity index (χ2v) is 8.36. The van der Waals surface area contributed by atoms with Crippen LogP contribution in [0.15, 0.2) is 24.3 Å². The number of halogens is 4. The van der Waals surface area contributed by atoms with Crippen LogP contribution in [0.1, 0.15) is 26.3 Å². The molecule has 0 radical (unpaired) electrons. The maximum atomic E-state index is 14.3. The number of aliphatic hydroxyl groups excluding tert-OH is 1. The third-order valence-corrected chi connectivity index (χ3v) is 5.70. The molecular weight excluding hydrogens is 320 g/mol. The first-order valence-electron chi connectivity index (χ1n) is 6.70. The molecule has 0 saturated carbocycles. The Kier molecular flexibility index (Phi) is 5.78. The van der Waals surface area contributed by atoms with Crippen LogP contribution >= 0.6 is 0 Å². The van der Waals surface area contributed by atoms with E-state index in [1.165, 1.54) is 12.1 Å². The molecule has 1 rings (SSSR count). The fourth-order valence-electron chi connectivity index (χ4n) is 2.03. The summed E-state index contributed by atoms with van der Waals surface area (Å²) in [6.45, 7) is 1.38. The van der Waals surface area contributed by atoms with Gasteiger partial charge >= 0.3 is 0 Å². The standard InChI is InChI=1S/C15H20F4O2S/c1-13(2,3)22(21)10-14(8-16,15(18,19)9-20)11-6-4-5-7-12(11)17/h4-7,20H,8-10H2,1-3H3/t14-,22+/m1/s1. The highest BCUT2D eigenvalue weighted by Gasteiger charge is 2.57. The van der Waals surface area contributed by atoms with E-state index in [0.29, 0.717) is 0 Å². The van der Waals surface area contributed by atoms with E-state index >= 15 is 0 Å². The summed E-state index contributed by atoms with van der Waals surface area (Å²) in [7, 11) is -1.86. The zero-order chi connectivity index (χ0) is 17.2. The molecule has 0 bridgehead atoms. The molecule has 0 fully saturated rings. The molecule has 126 valence electrons. The molecule has 0 unspecified atom stereocenters. The lowest BCUT2D eigenvalue weighted by Crippen LogP contribution is -2.55. The van der Waals surface area contributed by atoms with Crippen molar-refractivity contribution >= 4 is 10.8 Å². The second-order valence-electron chi connectivity index (χ2n) is 6.16. The number of hydrogen-bond donors (Lipinski definition) is 1. The Balaban J connectivity index is 3.51. The Morgan fingerprint density at radius 2 is 1.73 bits per heavy atom. The maximum absolute atomic E-state index is 14.3. The number of benzene rings is 1. The van der Waals surface area contributed by atoms with Gasteiger partial charge in [0.05, 0.1) is 0 Å². The lowest BCUT2D eigenvalue weighted by molar-refractivity contribution is -0.115. The minimum absolute atomic E-state index is 0.575. The predicted octanol–water partition coefficient (Wildman–Crippen LogP) is 3.21. The van der Waals surface area contributed by atoms with Crippen LogP contribution in [-0.2, 0) is 16.2 Å². The molecule has 0 aliphatic rings. The molecule has 0 amide bonds. The van der Waals surface area contributed by atoms with E-state index in [-0.39, 0.29) is 0 Å². The Labute approximate surface area is 130 Å². The van der Waals surface area contributed by atoms with Crippen LogP contribution in [0, 0.1) is 5.82 Å². The van der Waals surface area contributed by atoms with Gasteiger partial charge in [-0.3, -0.25) is 4.21 Å². The van der Waals surface area contributed by atoms with E-state index in [2.05, 4.69) is 0 Å². The summed E-state index contributed by atoms with van der Waals surface area (Å²) in [6, 6.07) is 4.57. The molecule has 1 aromatic carbocycles. The summed E-state index contributed by atoms with van der Waals surface area (Å²) in [4.78, 5) is 0. The smallest absolute Gasteiger partial charge is 0.283 e. The summed E-state index contributed by atoms with van der Waals surface area (Å²) in [5, 5.41) is 8.99. The van der Waals surface area contributed by atoms with Crippen molar-refractivity contribution < 1.29 is 26.9 Å². The van der Waals surface area contributed by atoms with E-state index in [0.717, 1.165) is 12.1 Å². The van der Waals surface area contributed by atoms with E-state index in [9.17, 15) is 21.8 Å². The van der Waals surface area contributed by atoms with Gasteiger partial charge in [0.1, 0.15) is 24.5 Å². The van der Waals surface area contributed by atoms with Crippen molar-refractivity contribution in [3.05, 3.63) is 35.6 Å². The fraction of sp³-hybridized carbons (Fsp3) is 0.600. The number of alkyl halides is 3. The SMILES string of the molecule is CC(C)(C)[S@@](=O)C[C@](CF)(c1ccccc1F)C(F)(F)CO. The van der Waals surface area contributed by atoms with Gasteiger partial charge in [0, 0.05) is 26.9 Å². The average Bonchev–Trinajstić information content (AvgIpc) is 2.44. The van der Waals surface area contributed by atoms with Crippen molar-refractivity contribution in [2.24, 2.45) is 0 Å². The van der Waals surface area contributed by atoms with Gasteiger partial charge in [-0.25, -0.2) is 17.6 Å². The van der Waals surface area contributed by atoms with E-state index < -0.39 is 57.3 Å². The first-order chi connectivity index (χ1) is 10.0. The molecule has 1 N–H and O–H groups in total. The summed E-state index contributed by atoms with van der Waals surface area (Å²) in [5.41, 5.74) is -3.25. The highest BCUT2D eigenvalue weighted by Crippen LogP contribution is 2.43. The molecule has 0 heterocycles. The van der Waals surface area contributed by atoms with Crippen molar-refractivity contribution in [2.75, 3.05) is 19.0 Å². The topological polar surface area (TPSA) is 37.3 Å². The zero-order valence-corrected chi connectivity index (χ0v) is 13.5. The molecule has 22 heavy (non-hydrogen) atoms. The molecular formula is C15H20F4O2S. The van der Waals surface area contributed by atoms with Crippen LogP contribution in [0.25, 0.3) is 0 Å². The van der Waals surface area contributed by atoms with Crippen molar-refractivity contribution in [1.82, 2.24) is 0 Å². The summed E-state index contributed by atoms with van der Waals surface area (Å²) in [6.07, 6.45) is 0. The van der Waals surface area contributed by atoms with Gasteiger partial charge in [0.25, 0.3) is 5.92 Å². The number of hydrogen-bond acceptors (Lipinski definition) is 2. The summed E-state index contributed by atoms with van der Waals surface area (Å²) >= 11 is 0. The van der Waals surface area contributed by atoms with Crippen molar-refractivity contribution in [3.63, 3.8) is 0 Å². The first-order valence-corrected chi connectivity index (χ1v) is 8.02. The van der Waals surface area contributed by atoms with Gasteiger partial charge < -0.3 is 5.11 Å². The molecule has 7 heteroatoms. The maximum Gasteiger partial charge on any atom is 0.283 e. The Morgan fingerprint density at radius 1 is 1.18 bits per heavy atom. The normalized spacial score (nSPS) is 17.1. The van der Waals surface area contributed by atoms with Crippen LogP contribution in [0.2, 0.25) is 0 Å². The lowest BCUT2D eigenvalue weighted by Gasteiger charge is -2.39. The van der Waals surface area contributed by atoms with Crippen molar-refractivity contribution in [3.8, 4) is 0 Å². The van der Waals surface area contributed by atoms with Gasteiger partial charge in [-0.05, 0) is 26.8 Å². The molecule has 2 nitrogen and oxygen atoms in total. The van der Waals surface area contributed by atoms with Crippen LogP contribution in [0.4, 0.5) is 17.6 Å². The molecule has 0 aliphatic heterocycles. The van der Waals surface area contributed by atoms with Gasteiger partial charge in [0.15, 0.2) is 0 Å². The predicted molar refractivity (Wildman–Crippen MR) is 78.8 cm³/mol. The van der Waals surface area contributed by atoms with Crippen LogP contribution in [0.3, 0.4) is 0 Å². The first kappa shape index (κ1) is 19.1. The van der Waals surface area contributed by atoms with Crippen LogP contribution < -0.4 is 0 Å². The van der Waals surface area contributed by atoms with Crippen molar-refractivity contribution in [2.45, 2.75) is 36.9 Å². The zero-order valence-electron chi connectivity index (χ0n) is 12.7. The second kappa shape index (κ2) is 6.66. The highest BCUT2D eigenvalue weighted by atomic mass is 32.2. The van der Waals surface area contributed by atoms with E-state index in [4.69, 9.17) is 5.11 Å². The molecule has 1 aromatic rings. The van der Waals surface area contributed by atoms with Gasteiger partial charge in [-0.1, -0.05) is 18.2 Å². The fourth-order valence-corrected chi connectivity index (χ4v) is 3.35. The average molecular weight is 340 g/mol. The molecule has 0 aromatic heterocycles. The Hall–Kier alpha value is -0.950.